The van der Waals surface area contributed by atoms with Gasteiger partial charge in [-0.05, 0) is 6.42 Å². The van der Waals surface area contributed by atoms with Crippen LogP contribution in [-0.2, 0) is 4.74 Å². The first-order chi connectivity index (χ1) is 6.27. The van der Waals surface area contributed by atoms with E-state index in [-0.39, 0.29) is 16.8 Å². The monoisotopic (exact) mass is 201 g/mol. The van der Waals surface area contributed by atoms with Crippen LogP contribution in [-0.4, -0.2) is 29.5 Å². The molecule has 13 heavy (non-hydrogen) atoms. The lowest BCUT2D eigenvalue weighted by Gasteiger charge is -2.26. The number of rotatable bonds is 1. The van der Waals surface area contributed by atoms with Gasteiger partial charge >= 0.3 is 4.87 Å². The Morgan fingerprint density at radius 1 is 1.69 bits per heavy atom. The molecule has 2 atom stereocenters. The summed E-state index contributed by atoms with van der Waals surface area (Å²) >= 11 is 1.12. The van der Waals surface area contributed by atoms with E-state index in [4.69, 9.17) is 10.5 Å². The maximum absolute atomic E-state index is 10.9. The Balaban J connectivity index is 2.19. The van der Waals surface area contributed by atoms with Gasteiger partial charge in [0.25, 0.3) is 0 Å². The molecule has 1 aliphatic rings. The molecule has 0 aromatic carbocycles. The van der Waals surface area contributed by atoms with Gasteiger partial charge in [-0.1, -0.05) is 11.3 Å². The van der Waals surface area contributed by atoms with Crippen LogP contribution in [0.4, 0.5) is 0 Å². The minimum atomic E-state index is -0.132. The quantitative estimate of drug-likeness (QED) is 0.651. The first-order valence-electron chi connectivity index (χ1n) is 4.16. The molecule has 0 radical (unpaired) electrons. The van der Waals surface area contributed by atoms with Gasteiger partial charge in [-0.3, -0.25) is 4.79 Å². The zero-order valence-electron chi connectivity index (χ0n) is 7.03. The Hall–Kier alpha value is -0.720. The van der Waals surface area contributed by atoms with E-state index in [1.807, 2.05) is 0 Å². The number of ether oxygens (including phenoxy) is 1. The summed E-state index contributed by atoms with van der Waals surface area (Å²) in [5.74, 6) is 0.0812. The summed E-state index contributed by atoms with van der Waals surface area (Å²) < 4.78 is 5.29. The summed E-state index contributed by atoms with van der Waals surface area (Å²) in [6.07, 6.45) is 0.832. The summed E-state index contributed by atoms with van der Waals surface area (Å²) in [5.41, 5.74) is 5.89. The third-order valence-electron chi connectivity index (χ3n) is 2.18. The molecular weight excluding hydrogens is 190 g/mol. The van der Waals surface area contributed by atoms with Gasteiger partial charge in [-0.15, -0.1) is 0 Å². The van der Waals surface area contributed by atoms with Crippen LogP contribution in [0, 0.1) is 0 Å². The van der Waals surface area contributed by atoms with Crippen molar-refractivity contribution in [3.05, 3.63) is 14.7 Å². The first-order valence-corrected chi connectivity index (χ1v) is 4.98. The van der Waals surface area contributed by atoms with E-state index in [0.717, 1.165) is 22.8 Å². The average molecular weight is 201 g/mol. The topological polar surface area (TPSA) is 81.0 Å². The first kappa shape index (κ1) is 8.86. The normalized spacial score (nSPS) is 29.0. The van der Waals surface area contributed by atoms with Crippen molar-refractivity contribution < 1.29 is 4.74 Å². The van der Waals surface area contributed by atoms with Crippen molar-refractivity contribution in [2.45, 2.75) is 18.4 Å². The fraction of sp³-hybridized carbons (Fsp3) is 0.714. The van der Waals surface area contributed by atoms with Crippen molar-refractivity contribution in [3.63, 3.8) is 0 Å². The zero-order valence-corrected chi connectivity index (χ0v) is 7.84. The summed E-state index contributed by atoms with van der Waals surface area (Å²) in [6, 6.07) is 0.0627. The minimum Gasteiger partial charge on any atom is -0.381 e. The van der Waals surface area contributed by atoms with Crippen LogP contribution in [0.1, 0.15) is 17.3 Å². The molecule has 5 nitrogen and oxygen atoms in total. The standard InChI is InChI=1S/C7H11N3O2S/c8-5-1-2-12-3-4(5)6-9-10-7(11)13-6/h4-5H,1-3,8H2,(H,10,11). The van der Waals surface area contributed by atoms with Crippen molar-refractivity contribution in [2.24, 2.45) is 5.73 Å². The van der Waals surface area contributed by atoms with Crippen LogP contribution >= 0.6 is 11.3 Å². The minimum absolute atomic E-state index is 0.0627. The summed E-state index contributed by atoms with van der Waals surface area (Å²) in [5, 5.41) is 7.06. The molecule has 2 heterocycles. The average Bonchev–Trinajstić information content (AvgIpc) is 2.53. The lowest BCUT2D eigenvalue weighted by Crippen LogP contribution is -2.36. The van der Waals surface area contributed by atoms with Crippen molar-refractivity contribution in [1.82, 2.24) is 10.2 Å². The van der Waals surface area contributed by atoms with E-state index in [1.165, 1.54) is 0 Å². The summed E-state index contributed by atoms with van der Waals surface area (Å²) in [7, 11) is 0. The molecule has 1 fully saturated rings. The molecule has 1 aliphatic heterocycles. The van der Waals surface area contributed by atoms with Gasteiger partial charge in [0.1, 0.15) is 5.01 Å². The molecule has 0 bridgehead atoms. The highest BCUT2D eigenvalue weighted by atomic mass is 32.1. The third-order valence-corrected chi connectivity index (χ3v) is 3.06. The van der Waals surface area contributed by atoms with Crippen LogP contribution in [0.15, 0.2) is 4.79 Å². The maximum atomic E-state index is 10.9. The number of H-pyrrole nitrogens is 1. The predicted molar refractivity (Wildman–Crippen MR) is 48.9 cm³/mol. The van der Waals surface area contributed by atoms with Crippen molar-refractivity contribution in [1.29, 1.82) is 0 Å². The number of hydrogen-bond acceptors (Lipinski definition) is 5. The molecule has 2 unspecified atom stereocenters. The van der Waals surface area contributed by atoms with Gasteiger partial charge in [0.15, 0.2) is 0 Å². The molecule has 6 heteroatoms. The Kier molecular flexibility index (Phi) is 2.43. The number of nitrogens with two attached hydrogens (primary N) is 1. The fourth-order valence-electron chi connectivity index (χ4n) is 1.41. The van der Waals surface area contributed by atoms with Gasteiger partial charge in [0.2, 0.25) is 0 Å². The van der Waals surface area contributed by atoms with Crippen molar-refractivity contribution in [2.75, 3.05) is 13.2 Å². The number of nitrogens with one attached hydrogen (secondary N) is 1. The Labute approximate surface area is 78.9 Å². The van der Waals surface area contributed by atoms with Gasteiger partial charge in [-0.2, -0.15) is 5.10 Å². The van der Waals surface area contributed by atoms with Crippen molar-refractivity contribution in [3.8, 4) is 0 Å². The molecule has 3 N–H and O–H groups in total. The van der Waals surface area contributed by atoms with Crippen molar-refractivity contribution >= 4 is 11.3 Å². The molecule has 0 aliphatic carbocycles. The van der Waals surface area contributed by atoms with Crippen LogP contribution < -0.4 is 10.6 Å². The van der Waals surface area contributed by atoms with E-state index >= 15 is 0 Å². The smallest absolute Gasteiger partial charge is 0.322 e. The SMILES string of the molecule is NC1CCOCC1c1n[nH]c(=O)s1. The van der Waals surface area contributed by atoms with E-state index < -0.39 is 0 Å². The molecular formula is C7H11N3O2S. The van der Waals surface area contributed by atoms with Crippen LogP contribution in [0.2, 0.25) is 0 Å². The Morgan fingerprint density at radius 2 is 2.54 bits per heavy atom. The Morgan fingerprint density at radius 3 is 3.15 bits per heavy atom. The van der Waals surface area contributed by atoms with Gasteiger partial charge in [-0.25, -0.2) is 5.10 Å². The molecule has 1 aromatic heterocycles. The van der Waals surface area contributed by atoms with Crippen LogP contribution in [0.3, 0.4) is 0 Å². The maximum Gasteiger partial charge on any atom is 0.322 e. The molecule has 0 amide bonds. The summed E-state index contributed by atoms with van der Waals surface area (Å²) in [4.78, 5) is 10.7. The molecule has 0 spiro atoms. The van der Waals surface area contributed by atoms with Gasteiger partial charge < -0.3 is 10.5 Å². The van der Waals surface area contributed by atoms with Crippen LogP contribution in [0.25, 0.3) is 0 Å². The van der Waals surface area contributed by atoms with E-state index in [9.17, 15) is 4.79 Å². The highest BCUT2D eigenvalue weighted by Gasteiger charge is 2.26. The highest BCUT2D eigenvalue weighted by Crippen LogP contribution is 2.23. The van der Waals surface area contributed by atoms with Crippen LogP contribution in [0.5, 0.6) is 0 Å². The summed E-state index contributed by atoms with van der Waals surface area (Å²) in [6.45, 7) is 1.28. The van der Waals surface area contributed by atoms with E-state index in [0.29, 0.717) is 13.2 Å². The predicted octanol–water partition coefficient (Wildman–Crippen LogP) is -0.337. The lowest BCUT2D eigenvalue weighted by atomic mass is 9.98. The second kappa shape index (κ2) is 3.57. The number of aromatic amines is 1. The zero-order chi connectivity index (χ0) is 9.26. The second-order valence-corrected chi connectivity index (χ2v) is 4.08. The molecule has 2 rings (SSSR count). The largest absolute Gasteiger partial charge is 0.381 e. The number of aromatic nitrogens is 2. The fourth-order valence-corrected chi connectivity index (χ4v) is 2.18. The second-order valence-electron chi connectivity index (χ2n) is 3.09. The Bertz CT molecular complexity index is 334. The number of nitrogens with zero attached hydrogens (tertiary/aromatic N) is 1. The molecule has 0 saturated carbocycles. The van der Waals surface area contributed by atoms with Gasteiger partial charge in [0.05, 0.1) is 12.5 Å². The van der Waals surface area contributed by atoms with E-state index in [2.05, 4.69) is 10.2 Å². The third kappa shape index (κ3) is 1.79. The van der Waals surface area contributed by atoms with Gasteiger partial charge in [0, 0.05) is 12.6 Å². The number of hydrogen-bond donors (Lipinski definition) is 2. The van der Waals surface area contributed by atoms with E-state index in [1.54, 1.807) is 0 Å². The molecule has 72 valence electrons. The highest BCUT2D eigenvalue weighted by molar-refractivity contribution is 7.08. The molecule has 1 saturated heterocycles. The lowest BCUT2D eigenvalue weighted by molar-refractivity contribution is 0.0689. The molecule has 1 aromatic rings.